The van der Waals surface area contributed by atoms with Crippen LogP contribution < -0.4 is 9.47 Å². The number of allylic oxidation sites excluding steroid dienone is 1. The van der Waals surface area contributed by atoms with E-state index in [-0.39, 0.29) is 68.7 Å². The van der Waals surface area contributed by atoms with E-state index in [1.165, 1.54) is 18.2 Å². The van der Waals surface area contributed by atoms with E-state index in [0.717, 1.165) is 64.5 Å². The van der Waals surface area contributed by atoms with Crippen LogP contribution in [0.25, 0.3) is 16.8 Å². The van der Waals surface area contributed by atoms with Crippen molar-refractivity contribution in [3.63, 3.8) is 0 Å². The molecule has 6 unspecified atom stereocenters. The van der Waals surface area contributed by atoms with Gasteiger partial charge in [0.2, 0.25) is 11.7 Å². The normalized spacial score (nSPS) is 22.1. The minimum Gasteiger partial charge on any atom is -0.487 e. The molecule has 8 rings (SSSR count). The van der Waals surface area contributed by atoms with Crippen molar-refractivity contribution in [1.82, 2.24) is 9.88 Å². The molecule has 2 aliphatic carbocycles. The molecular weight excluding hydrogens is 873 g/mol. The maximum atomic E-state index is 15.4. The van der Waals surface area contributed by atoms with Crippen molar-refractivity contribution in [3.8, 4) is 11.5 Å². The first kappa shape index (κ1) is 48.8. The fraction of sp³-hybridized carbons (Fsp3) is 0.375. The second-order valence-corrected chi connectivity index (χ2v) is 18.0. The minimum absolute atomic E-state index is 0.0170. The Morgan fingerprint density at radius 3 is 2.51 bits per heavy atom. The van der Waals surface area contributed by atoms with Gasteiger partial charge in [-0.05, 0) is 127 Å². The van der Waals surface area contributed by atoms with Crippen LogP contribution >= 0.6 is 0 Å². The topological polar surface area (TPSA) is 166 Å². The molecule has 5 aromatic rings. The Bertz CT molecular complexity index is 2690. The largest absolute Gasteiger partial charge is 0.487 e. The number of amides is 1. The SMILES string of the molecule is C=CCOC12Oc3ccc(OCc4cccc(C)n4)cc3C3C(CCCCO)C(CCCCO)C=C(C(=NOCC)CC1N(Cc1cccc4ccccc14)C(=O)C=Cc1ccc([N+](=O)[O-])cc1)C32. The number of rotatable bonds is 22. The highest BCUT2D eigenvalue weighted by atomic mass is 16.7. The zero-order valence-corrected chi connectivity index (χ0v) is 39.5. The average molecular weight is 935 g/mol. The molecule has 1 amide bonds. The summed E-state index contributed by atoms with van der Waals surface area (Å²) in [5.74, 6) is -1.26. The van der Waals surface area contributed by atoms with Gasteiger partial charge in [0, 0.05) is 61.6 Å². The number of aromatic nitrogens is 1. The Morgan fingerprint density at radius 1 is 0.986 bits per heavy atom. The Kier molecular flexibility index (Phi) is 16.0. The number of ether oxygens (including phenoxy) is 3. The molecule has 3 aliphatic rings. The highest BCUT2D eigenvalue weighted by Crippen LogP contribution is 2.62. The van der Waals surface area contributed by atoms with Crippen LogP contribution in [-0.4, -0.2) is 74.9 Å². The molecule has 1 aromatic heterocycles. The molecule has 69 heavy (non-hydrogen) atoms. The number of carbonyl (C=O) groups is 1. The zero-order valence-electron chi connectivity index (χ0n) is 39.5. The average Bonchev–Trinajstić information content (AvgIpc) is 3.36. The number of nitrogens with zero attached hydrogens (tertiary/aromatic N) is 4. The van der Waals surface area contributed by atoms with Crippen molar-refractivity contribution in [3.05, 3.63) is 172 Å². The molecule has 6 atom stereocenters. The van der Waals surface area contributed by atoms with Gasteiger partial charge in [0.1, 0.15) is 30.8 Å². The number of carbonyl (C=O) groups excluding carboxylic acids is 1. The van der Waals surface area contributed by atoms with Crippen LogP contribution in [0.5, 0.6) is 11.5 Å². The molecule has 13 nitrogen and oxygen atoms in total. The summed E-state index contributed by atoms with van der Waals surface area (Å²) in [6, 6.07) is 31.2. The number of hydrogen-bond donors (Lipinski definition) is 2. The fourth-order valence-corrected chi connectivity index (χ4v) is 10.6. The number of aliphatic hydroxyl groups excluding tert-OH is 2. The summed E-state index contributed by atoms with van der Waals surface area (Å²) in [6.07, 6.45) is 11.9. The lowest BCUT2D eigenvalue weighted by molar-refractivity contribution is -0.384. The first-order chi connectivity index (χ1) is 33.7. The Hall–Kier alpha value is -6.67. The van der Waals surface area contributed by atoms with E-state index in [9.17, 15) is 20.3 Å². The molecule has 360 valence electrons. The van der Waals surface area contributed by atoms with Crippen molar-refractivity contribution in [2.75, 3.05) is 26.4 Å². The van der Waals surface area contributed by atoms with Gasteiger partial charge < -0.3 is 34.2 Å². The Labute approximate surface area is 403 Å². The summed E-state index contributed by atoms with van der Waals surface area (Å²) in [4.78, 5) is 38.9. The number of aliphatic hydroxyl groups is 2. The number of nitro benzene ring substituents is 1. The van der Waals surface area contributed by atoms with Gasteiger partial charge >= 0.3 is 0 Å². The molecule has 1 saturated carbocycles. The Morgan fingerprint density at radius 2 is 1.75 bits per heavy atom. The summed E-state index contributed by atoms with van der Waals surface area (Å²) in [6.45, 7) is 8.96. The van der Waals surface area contributed by atoms with E-state index in [2.05, 4.69) is 41.9 Å². The van der Waals surface area contributed by atoms with Crippen molar-refractivity contribution >= 4 is 34.2 Å². The number of hydrogen-bond acceptors (Lipinski definition) is 11. The summed E-state index contributed by atoms with van der Waals surface area (Å²) in [7, 11) is 0. The number of nitro groups is 1. The third-order valence-electron chi connectivity index (χ3n) is 13.7. The summed E-state index contributed by atoms with van der Waals surface area (Å²) in [5, 5.41) is 38.4. The summed E-state index contributed by atoms with van der Waals surface area (Å²) < 4.78 is 21.2. The number of pyridine rings is 1. The third-order valence-corrected chi connectivity index (χ3v) is 13.7. The van der Waals surface area contributed by atoms with Crippen LogP contribution in [0.4, 0.5) is 5.69 Å². The lowest BCUT2D eigenvalue weighted by Gasteiger charge is -2.60. The molecule has 1 fully saturated rings. The van der Waals surface area contributed by atoms with E-state index in [0.29, 0.717) is 42.2 Å². The molecular formula is C56H62N4O9. The smallest absolute Gasteiger partial charge is 0.269 e. The van der Waals surface area contributed by atoms with E-state index < -0.39 is 22.7 Å². The number of fused-ring (bicyclic) bond motifs is 3. The molecule has 2 heterocycles. The summed E-state index contributed by atoms with van der Waals surface area (Å²) >= 11 is 0. The monoisotopic (exact) mass is 934 g/mol. The first-order valence-corrected chi connectivity index (χ1v) is 24.1. The minimum atomic E-state index is -1.50. The lowest BCUT2D eigenvalue weighted by Crippen LogP contribution is -2.70. The first-order valence-electron chi connectivity index (χ1n) is 24.1. The van der Waals surface area contributed by atoms with Gasteiger partial charge in [0.05, 0.1) is 28.9 Å². The number of aryl methyl sites for hydroxylation is 1. The highest BCUT2D eigenvalue weighted by Gasteiger charge is 2.65. The second-order valence-electron chi connectivity index (χ2n) is 18.0. The van der Waals surface area contributed by atoms with Crippen molar-refractivity contribution in [2.45, 2.75) is 89.7 Å². The Balaban J connectivity index is 1.33. The van der Waals surface area contributed by atoms with Crippen molar-refractivity contribution in [2.24, 2.45) is 22.9 Å². The van der Waals surface area contributed by atoms with Gasteiger partial charge in [-0.3, -0.25) is 19.9 Å². The molecule has 13 heteroatoms. The molecule has 4 aromatic carbocycles. The van der Waals surface area contributed by atoms with Crippen LogP contribution in [0.3, 0.4) is 0 Å². The van der Waals surface area contributed by atoms with Crippen LogP contribution in [0, 0.1) is 34.8 Å². The van der Waals surface area contributed by atoms with Crippen LogP contribution in [0.1, 0.15) is 85.9 Å². The van der Waals surface area contributed by atoms with E-state index in [4.69, 9.17) is 24.2 Å². The van der Waals surface area contributed by atoms with E-state index in [1.807, 2.05) is 73.3 Å². The molecule has 2 N–H and O–H groups in total. The van der Waals surface area contributed by atoms with Gasteiger partial charge in [-0.1, -0.05) is 78.7 Å². The maximum Gasteiger partial charge on any atom is 0.269 e. The predicted molar refractivity (Wildman–Crippen MR) is 267 cm³/mol. The third kappa shape index (κ3) is 10.8. The van der Waals surface area contributed by atoms with Crippen LogP contribution in [0.2, 0.25) is 0 Å². The standard InChI is InChI=1S/C56H62N4O9/c1-4-32-67-56-52(59(36-42-18-13-17-40-15-6-7-20-46(40)42)53(63)29-24-39-22-25-44(26-23-39)60(64)65)35-50(58-68-5-2)48-33-41(16-8-10-30-61)47(21-9-11-31-62)54(55(48)56)49-34-45(27-28-51(49)69-56)66-37-43-19-12-14-38(3)57-43/h4,6-7,12-15,17-20,22-29,33-34,41,47,52,54-55,61-62H,1,5,8-11,16,21,30-32,35-37H2,2-3H3. The molecule has 0 spiro atoms. The van der Waals surface area contributed by atoms with Crippen molar-refractivity contribution in [1.29, 1.82) is 0 Å². The number of benzene rings is 4. The van der Waals surface area contributed by atoms with Crippen LogP contribution in [-0.2, 0) is 27.5 Å². The molecule has 0 saturated heterocycles. The second kappa shape index (κ2) is 22.6. The molecule has 0 radical (unpaired) electrons. The van der Waals surface area contributed by atoms with E-state index in [1.54, 1.807) is 24.3 Å². The van der Waals surface area contributed by atoms with Gasteiger partial charge in [-0.15, -0.1) is 6.58 Å². The van der Waals surface area contributed by atoms with Crippen LogP contribution in [0.15, 0.2) is 139 Å². The number of oxime groups is 1. The van der Waals surface area contributed by atoms with Gasteiger partial charge in [-0.25, -0.2) is 0 Å². The quantitative estimate of drug-likeness (QED) is 0.0224. The van der Waals surface area contributed by atoms with E-state index >= 15 is 4.79 Å². The number of non-ortho nitro benzene ring substituents is 1. The predicted octanol–water partition coefficient (Wildman–Crippen LogP) is 10.4. The van der Waals surface area contributed by atoms with Gasteiger partial charge in [0.15, 0.2) is 0 Å². The lowest BCUT2D eigenvalue weighted by atomic mass is 9.55. The highest BCUT2D eigenvalue weighted by molar-refractivity contribution is 6.03. The summed E-state index contributed by atoms with van der Waals surface area (Å²) in [5.41, 5.74) is 5.76. The number of unbranched alkanes of at least 4 members (excludes halogenated alkanes) is 2. The zero-order chi connectivity index (χ0) is 48.3. The van der Waals surface area contributed by atoms with Gasteiger partial charge in [0.25, 0.3) is 5.69 Å². The molecule has 1 aliphatic heterocycles. The van der Waals surface area contributed by atoms with Gasteiger partial charge in [-0.2, -0.15) is 0 Å². The fourth-order valence-electron chi connectivity index (χ4n) is 10.6. The molecule has 0 bridgehead atoms. The van der Waals surface area contributed by atoms with Crippen molar-refractivity contribution < 1.29 is 39.0 Å². The maximum absolute atomic E-state index is 15.4.